The first kappa shape index (κ1) is 17.2. The van der Waals surface area contributed by atoms with Gasteiger partial charge < -0.3 is 10.4 Å². The van der Waals surface area contributed by atoms with Gasteiger partial charge in [-0.1, -0.05) is 6.07 Å². The van der Waals surface area contributed by atoms with Gasteiger partial charge in [0, 0.05) is 17.4 Å². The van der Waals surface area contributed by atoms with Crippen LogP contribution in [0.4, 0.5) is 0 Å². The van der Waals surface area contributed by atoms with Gasteiger partial charge in [0.25, 0.3) is 5.91 Å². The first-order valence-corrected chi connectivity index (χ1v) is 8.16. The van der Waals surface area contributed by atoms with Gasteiger partial charge in [-0.15, -0.1) is 0 Å². The number of carbonyl (C=O) groups is 2. The molecule has 0 saturated heterocycles. The lowest BCUT2D eigenvalue weighted by atomic mass is 9.99. The number of carbonyl (C=O) groups excluding carboxylic acids is 1. The number of sulfone groups is 1. The Bertz CT molecular complexity index is 677. The summed E-state index contributed by atoms with van der Waals surface area (Å²) in [5, 5.41) is 11.4. The van der Waals surface area contributed by atoms with Gasteiger partial charge in [-0.3, -0.25) is 9.59 Å². The smallest absolute Gasteiger partial charge is 0.305 e. The average molecular weight is 313 g/mol. The third kappa shape index (κ3) is 4.86. The molecule has 0 radical (unpaired) electrons. The van der Waals surface area contributed by atoms with Crippen LogP contribution in [-0.4, -0.2) is 37.2 Å². The molecular formula is C14H19NO5S. The maximum absolute atomic E-state index is 12.2. The number of carboxylic acids is 1. The Morgan fingerprint density at radius 1 is 1.29 bits per heavy atom. The Balaban J connectivity index is 3.11. The van der Waals surface area contributed by atoms with E-state index in [-0.39, 0.29) is 16.9 Å². The standard InChI is InChI=1S/C14H19NO5S/c1-9-5-6-10(21(4,19)20)7-11(9)13(18)15-14(2,3)8-12(16)17/h5-7H,8H2,1-4H3,(H,15,18)(H,16,17). The first-order valence-electron chi connectivity index (χ1n) is 6.27. The lowest BCUT2D eigenvalue weighted by Crippen LogP contribution is -2.45. The minimum absolute atomic E-state index is 0.0503. The van der Waals surface area contributed by atoms with Crippen LogP contribution in [0.1, 0.15) is 36.2 Å². The van der Waals surface area contributed by atoms with Gasteiger partial charge in [0.1, 0.15) is 0 Å². The lowest BCUT2D eigenvalue weighted by Gasteiger charge is -2.24. The average Bonchev–Trinajstić information content (AvgIpc) is 2.24. The van der Waals surface area contributed by atoms with E-state index < -0.39 is 27.3 Å². The summed E-state index contributed by atoms with van der Waals surface area (Å²) in [6.45, 7) is 4.87. The van der Waals surface area contributed by atoms with Crippen molar-refractivity contribution in [1.29, 1.82) is 0 Å². The van der Waals surface area contributed by atoms with Crippen molar-refractivity contribution in [2.75, 3.05) is 6.26 Å². The Kier molecular flexibility index (Phi) is 4.78. The molecule has 7 heteroatoms. The summed E-state index contributed by atoms with van der Waals surface area (Å²) < 4.78 is 23.1. The zero-order chi connectivity index (χ0) is 16.4. The summed E-state index contributed by atoms with van der Waals surface area (Å²) in [7, 11) is -3.41. The maximum atomic E-state index is 12.2. The number of carboxylic acid groups (broad SMARTS) is 1. The molecule has 0 spiro atoms. The van der Waals surface area contributed by atoms with Crippen LogP contribution in [0, 0.1) is 6.92 Å². The molecule has 0 aliphatic heterocycles. The van der Waals surface area contributed by atoms with E-state index in [4.69, 9.17) is 5.11 Å². The van der Waals surface area contributed by atoms with E-state index in [0.717, 1.165) is 6.26 Å². The third-order valence-electron chi connectivity index (χ3n) is 2.93. The highest BCUT2D eigenvalue weighted by Crippen LogP contribution is 2.17. The lowest BCUT2D eigenvalue weighted by molar-refractivity contribution is -0.138. The number of hydrogen-bond donors (Lipinski definition) is 2. The largest absolute Gasteiger partial charge is 0.481 e. The van der Waals surface area contributed by atoms with E-state index in [1.54, 1.807) is 26.8 Å². The Labute approximate surface area is 124 Å². The van der Waals surface area contributed by atoms with Crippen molar-refractivity contribution in [2.24, 2.45) is 0 Å². The number of aliphatic carboxylic acids is 1. The second-order valence-corrected chi connectivity index (χ2v) is 7.67. The number of rotatable bonds is 5. The zero-order valence-electron chi connectivity index (χ0n) is 12.4. The Morgan fingerprint density at radius 2 is 1.86 bits per heavy atom. The number of nitrogens with one attached hydrogen (secondary N) is 1. The molecule has 0 aliphatic rings. The molecule has 21 heavy (non-hydrogen) atoms. The van der Waals surface area contributed by atoms with Crippen molar-refractivity contribution in [3.8, 4) is 0 Å². The fourth-order valence-corrected chi connectivity index (χ4v) is 2.52. The van der Waals surface area contributed by atoms with Crippen LogP contribution in [0.15, 0.2) is 23.1 Å². The van der Waals surface area contributed by atoms with Crippen molar-refractivity contribution in [1.82, 2.24) is 5.32 Å². The molecule has 116 valence electrons. The van der Waals surface area contributed by atoms with E-state index in [2.05, 4.69) is 5.32 Å². The Morgan fingerprint density at radius 3 is 2.33 bits per heavy atom. The summed E-state index contributed by atoms with van der Waals surface area (Å²) in [5.41, 5.74) is -0.0985. The van der Waals surface area contributed by atoms with Gasteiger partial charge in [0.2, 0.25) is 0 Å². The van der Waals surface area contributed by atoms with Crippen molar-refractivity contribution in [2.45, 2.75) is 37.6 Å². The van der Waals surface area contributed by atoms with Crippen LogP contribution < -0.4 is 5.32 Å². The van der Waals surface area contributed by atoms with Crippen molar-refractivity contribution in [3.05, 3.63) is 29.3 Å². The quantitative estimate of drug-likeness (QED) is 0.855. The van der Waals surface area contributed by atoms with Crippen molar-refractivity contribution >= 4 is 21.7 Å². The highest BCUT2D eigenvalue weighted by molar-refractivity contribution is 7.90. The monoisotopic (exact) mass is 313 g/mol. The molecular weight excluding hydrogens is 294 g/mol. The molecule has 1 aromatic rings. The van der Waals surface area contributed by atoms with Crippen LogP contribution in [0.3, 0.4) is 0 Å². The van der Waals surface area contributed by atoms with Crippen LogP contribution >= 0.6 is 0 Å². The van der Waals surface area contributed by atoms with Crippen molar-refractivity contribution in [3.63, 3.8) is 0 Å². The molecule has 0 bridgehead atoms. The van der Waals surface area contributed by atoms with E-state index >= 15 is 0 Å². The number of amides is 1. The van der Waals surface area contributed by atoms with Crippen LogP contribution in [0.2, 0.25) is 0 Å². The summed E-state index contributed by atoms with van der Waals surface area (Å²) in [4.78, 5) is 23.0. The molecule has 0 unspecified atom stereocenters. The van der Waals surface area contributed by atoms with E-state index in [1.165, 1.54) is 12.1 Å². The van der Waals surface area contributed by atoms with E-state index in [9.17, 15) is 18.0 Å². The van der Waals surface area contributed by atoms with Gasteiger partial charge in [0.05, 0.1) is 11.3 Å². The topological polar surface area (TPSA) is 101 Å². The third-order valence-corrected chi connectivity index (χ3v) is 4.04. The van der Waals surface area contributed by atoms with Gasteiger partial charge in [0.15, 0.2) is 9.84 Å². The van der Waals surface area contributed by atoms with Gasteiger partial charge >= 0.3 is 5.97 Å². The highest BCUT2D eigenvalue weighted by Gasteiger charge is 2.25. The normalized spacial score (nSPS) is 12.0. The fraction of sp³-hybridized carbons (Fsp3) is 0.429. The molecule has 0 aliphatic carbocycles. The molecule has 0 aromatic heterocycles. The highest BCUT2D eigenvalue weighted by atomic mass is 32.2. The van der Waals surface area contributed by atoms with E-state index in [0.29, 0.717) is 5.56 Å². The zero-order valence-corrected chi connectivity index (χ0v) is 13.2. The van der Waals surface area contributed by atoms with E-state index in [1.807, 2.05) is 0 Å². The molecule has 0 heterocycles. The molecule has 0 atom stereocenters. The first-order chi connectivity index (χ1) is 9.42. The predicted molar refractivity (Wildman–Crippen MR) is 78.1 cm³/mol. The molecule has 0 saturated carbocycles. The van der Waals surface area contributed by atoms with Crippen LogP contribution in [-0.2, 0) is 14.6 Å². The van der Waals surface area contributed by atoms with Crippen LogP contribution in [0.25, 0.3) is 0 Å². The fourth-order valence-electron chi connectivity index (χ4n) is 1.87. The summed E-state index contributed by atoms with van der Waals surface area (Å²) >= 11 is 0. The summed E-state index contributed by atoms with van der Waals surface area (Å²) in [6.07, 6.45) is 0.831. The van der Waals surface area contributed by atoms with Gasteiger partial charge in [-0.2, -0.15) is 0 Å². The number of hydrogen-bond acceptors (Lipinski definition) is 4. The van der Waals surface area contributed by atoms with Gasteiger partial charge in [-0.25, -0.2) is 8.42 Å². The molecule has 1 aromatic carbocycles. The SMILES string of the molecule is Cc1ccc(S(C)(=O)=O)cc1C(=O)NC(C)(C)CC(=O)O. The molecule has 0 fully saturated rings. The molecule has 1 amide bonds. The molecule has 1 rings (SSSR count). The second kappa shape index (κ2) is 5.85. The second-order valence-electron chi connectivity index (χ2n) is 5.66. The maximum Gasteiger partial charge on any atom is 0.305 e. The molecule has 2 N–H and O–H groups in total. The number of benzene rings is 1. The Hall–Kier alpha value is -1.89. The van der Waals surface area contributed by atoms with Crippen molar-refractivity contribution < 1.29 is 23.1 Å². The summed E-state index contributed by atoms with van der Waals surface area (Å²) in [5.74, 6) is -1.52. The van der Waals surface area contributed by atoms with Gasteiger partial charge in [-0.05, 0) is 38.5 Å². The number of aryl methyl sites for hydroxylation is 1. The summed E-state index contributed by atoms with van der Waals surface area (Å²) in [6, 6.07) is 4.29. The minimum Gasteiger partial charge on any atom is -0.481 e. The molecule has 6 nitrogen and oxygen atoms in total. The predicted octanol–water partition coefficient (Wildman–Crippen LogP) is 1.38. The minimum atomic E-state index is -3.41. The van der Waals surface area contributed by atoms with Crippen LogP contribution in [0.5, 0.6) is 0 Å².